The van der Waals surface area contributed by atoms with Gasteiger partial charge < -0.3 is 9.72 Å². The lowest BCUT2D eigenvalue weighted by atomic mass is 9.83. The predicted molar refractivity (Wildman–Crippen MR) is 174 cm³/mol. The monoisotopic (exact) mass is 579 g/mol. The maximum Gasteiger partial charge on any atom is 0.137 e. The van der Waals surface area contributed by atoms with E-state index in [4.69, 9.17) is 9.72 Å². The summed E-state index contributed by atoms with van der Waals surface area (Å²) < 4.78 is 5.75. The summed E-state index contributed by atoms with van der Waals surface area (Å²) in [6.07, 6.45) is 11.9. The molecule has 1 N–H and O–H groups in total. The fraction of sp³-hybridized carbons (Fsp3) is 0.342. The molecule has 2 aliphatic heterocycles. The van der Waals surface area contributed by atoms with Crippen molar-refractivity contribution in [3.63, 3.8) is 0 Å². The van der Waals surface area contributed by atoms with Gasteiger partial charge in [0, 0.05) is 58.8 Å². The Hall–Kier alpha value is -4.31. The molecule has 3 aromatic heterocycles. The fourth-order valence-corrected chi connectivity index (χ4v) is 7.74. The van der Waals surface area contributed by atoms with Gasteiger partial charge in [-0.2, -0.15) is 5.26 Å². The smallest absolute Gasteiger partial charge is 0.137 e. The SMILES string of the molecule is CC(C)(C#N)c1cccnc1-c1ccc(-c2c[nH]c3ncc(-c4ccc5c(c4)CC[C@@H](N4C6COCC4C6)CC5)cc23)cc1. The van der Waals surface area contributed by atoms with Gasteiger partial charge >= 0.3 is 0 Å². The van der Waals surface area contributed by atoms with Crippen LogP contribution >= 0.6 is 0 Å². The maximum atomic E-state index is 9.74. The molecule has 2 saturated heterocycles. The van der Waals surface area contributed by atoms with Crippen molar-refractivity contribution < 1.29 is 4.74 Å². The summed E-state index contributed by atoms with van der Waals surface area (Å²) >= 11 is 0. The first-order valence-electron chi connectivity index (χ1n) is 15.9. The minimum Gasteiger partial charge on any atom is -0.378 e. The van der Waals surface area contributed by atoms with Crippen molar-refractivity contribution in [2.45, 2.75) is 69.5 Å². The zero-order chi connectivity index (χ0) is 29.8. The Morgan fingerprint density at radius 3 is 2.39 bits per heavy atom. The highest BCUT2D eigenvalue weighted by Gasteiger charge is 2.45. The Labute approximate surface area is 258 Å². The molecular formula is C38H37N5O. The molecule has 5 aromatic rings. The molecule has 0 saturated carbocycles. The summed E-state index contributed by atoms with van der Waals surface area (Å²) in [6, 6.07) is 26.1. The lowest BCUT2D eigenvalue weighted by Crippen LogP contribution is -2.66. The average molecular weight is 580 g/mol. The van der Waals surface area contributed by atoms with Crippen LogP contribution in [-0.2, 0) is 23.0 Å². The number of hydrogen-bond donors (Lipinski definition) is 1. The van der Waals surface area contributed by atoms with E-state index >= 15 is 0 Å². The number of morpholine rings is 1. The Bertz CT molecular complexity index is 1890. The summed E-state index contributed by atoms with van der Waals surface area (Å²) in [5.41, 5.74) is 10.7. The number of aromatic amines is 1. The molecule has 220 valence electrons. The van der Waals surface area contributed by atoms with E-state index in [1.165, 1.54) is 36.0 Å². The quantitative estimate of drug-likeness (QED) is 0.219. The molecule has 2 unspecified atom stereocenters. The summed E-state index contributed by atoms with van der Waals surface area (Å²) in [6.45, 7) is 5.70. The molecule has 6 nitrogen and oxygen atoms in total. The number of pyridine rings is 2. The molecule has 3 atom stereocenters. The van der Waals surface area contributed by atoms with Crippen LogP contribution in [0.3, 0.4) is 0 Å². The second-order valence-corrected chi connectivity index (χ2v) is 13.3. The van der Waals surface area contributed by atoms with E-state index in [0.29, 0.717) is 18.1 Å². The average Bonchev–Trinajstić information content (AvgIpc) is 3.39. The van der Waals surface area contributed by atoms with E-state index in [9.17, 15) is 5.26 Å². The Morgan fingerprint density at radius 2 is 1.61 bits per heavy atom. The third-order valence-electron chi connectivity index (χ3n) is 10.2. The van der Waals surface area contributed by atoms with Gasteiger partial charge in [-0.15, -0.1) is 0 Å². The van der Waals surface area contributed by atoms with Crippen LogP contribution in [0.5, 0.6) is 0 Å². The molecule has 2 aromatic carbocycles. The second kappa shape index (κ2) is 10.7. The van der Waals surface area contributed by atoms with Crippen molar-refractivity contribution >= 4 is 11.0 Å². The summed E-state index contributed by atoms with van der Waals surface area (Å²) in [4.78, 5) is 15.6. The summed E-state index contributed by atoms with van der Waals surface area (Å²) in [5, 5.41) is 10.9. The molecule has 5 heterocycles. The first-order chi connectivity index (χ1) is 21.5. The van der Waals surface area contributed by atoms with Gasteiger partial charge in [0.25, 0.3) is 0 Å². The number of fused-ring (bicyclic) bond motifs is 4. The first kappa shape index (κ1) is 27.3. The molecule has 44 heavy (non-hydrogen) atoms. The highest BCUT2D eigenvalue weighted by atomic mass is 16.5. The van der Waals surface area contributed by atoms with Crippen LogP contribution in [-0.4, -0.2) is 51.2 Å². The second-order valence-electron chi connectivity index (χ2n) is 13.3. The zero-order valence-electron chi connectivity index (χ0n) is 25.4. The van der Waals surface area contributed by atoms with Gasteiger partial charge in [-0.3, -0.25) is 9.88 Å². The van der Waals surface area contributed by atoms with Gasteiger partial charge in [0.2, 0.25) is 0 Å². The minimum atomic E-state index is -0.623. The van der Waals surface area contributed by atoms with Crippen LogP contribution < -0.4 is 0 Å². The van der Waals surface area contributed by atoms with Crippen molar-refractivity contribution in [1.82, 2.24) is 19.9 Å². The van der Waals surface area contributed by atoms with Crippen LogP contribution in [0.25, 0.3) is 44.5 Å². The van der Waals surface area contributed by atoms with Crippen molar-refractivity contribution in [1.29, 1.82) is 5.26 Å². The van der Waals surface area contributed by atoms with E-state index in [0.717, 1.165) is 70.6 Å². The number of ether oxygens (including phenoxy) is 1. The summed E-state index contributed by atoms with van der Waals surface area (Å²) in [7, 11) is 0. The fourth-order valence-electron chi connectivity index (χ4n) is 7.74. The molecule has 1 aliphatic carbocycles. The van der Waals surface area contributed by atoms with E-state index in [1.54, 1.807) is 6.20 Å². The van der Waals surface area contributed by atoms with E-state index in [-0.39, 0.29) is 0 Å². The number of rotatable bonds is 5. The van der Waals surface area contributed by atoms with E-state index in [2.05, 4.69) is 75.7 Å². The highest BCUT2D eigenvalue weighted by Crippen LogP contribution is 2.39. The Balaban J connectivity index is 1.06. The minimum absolute atomic E-state index is 0.623. The number of nitrogens with one attached hydrogen (secondary N) is 1. The van der Waals surface area contributed by atoms with Crippen molar-refractivity contribution in [3.8, 4) is 39.6 Å². The molecule has 0 spiro atoms. The zero-order valence-corrected chi connectivity index (χ0v) is 25.4. The molecule has 3 aliphatic rings. The van der Waals surface area contributed by atoms with Gasteiger partial charge in [-0.1, -0.05) is 48.5 Å². The molecule has 0 radical (unpaired) electrons. The third kappa shape index (κ3) is 4.63. The number of aryl methyl sites for hydroxylation is 2. The molecule has 2 fully saturated rings. The van der Waals surface area contributed by atoms with Crippen LogP contribution in [0.15, 0.2) is 79.3 Å². The van der Waals surface area contributed by atoms with Gasteiger partial charge in [0.05, 0.1) is 30.4 Å². The topological polar surface area (TPSA) is 77.8 Å². The number of benzene rings is 2. The number of hydrogen-bond acceptors (Lipinski definition) is 5. The van der Waals surface area contributed by atoms with E-state index in [1.807, 2.05) is 32.2 Å². The molecule has 2 bridgehead atoms. The number of nitriles is 1. The van der Waals surface area contributed by atoms with Crippen LogP contribution in [0.2, 0.25) is 0 Å². The normalized spacial score (nSPS) is 21.7. The summed E-state index contributed by atoms with van der Waals surface area (Å²) in [5.74, 6) is 0. The molecule has 8 rings (SSSR count). The van der Waals surface area contributed by atoms with Gasteiger partial charge in [0.1, 0.15) is 5.65 Å². The maximum absolute atomic E-state index is 9.74. The Kier molecular flexibility index (Phi) is 6.62. The van der Waals surface area contributed by atoms with E-state index < -0.39 is 5.41 Å². The van der Waals surface area contributed by atoms with Crippen molar-refractivity contribution in [3.05, 3.63) is 95.9 Å². The third-order valence-corrected chi connectivity index (χ3v) is 10.2. The van der Waals surface area contributed by atoms with Crippen LogP contribution in [0.4, 0.5) is 0 Å². The van der Waals surface area contributed by atoms with Gasteiger partial charge in [0.15, 0.2) is 0 Å². The molecule has 0 amide bonds. The molecule has 6 heteroatoms. The van der Waals surface area contributed by atoms with Crippen LogP contribution in [0.1, 0.15) is 49.8 Å². The first-order valence-corrected chi connectivity index (χ1v) is 15.9. The van der Waals surface area contributed by atoms with Gasteiger partial charge in [-0.25, -0.2) is 4.98 Å². The number of aromatic nitrogens is 3. The largest absolute Gasteiger partial charge is 0.378 e. The van der Waals surface area contributed by atoms with Gasteiger partial charge in [-0.05, 0) is 85.9 Å². The lowest BCUT2D eigenvalue weighted by Gasteiger charge is -2.56. The highest BCUT2D eigenvalue weighted by molar-refractivity contribution is 5.96. The van der Waals surface area contributed by atoms with Crippen molar-refractivity contribution in [2.24, 2.45) is 0 Å². The lowest BCUT2D eigenvalue weighted by molar-refractivity contribution is -0.148. The van der Waals surface area contributed by atoms with Crippen molar-refractivity contribution in [2.75, 3.05) is 13.2 Å². The number of H-pyrrole nitrogens is 1. The van der Waals surface area contributed by atoms with Crippen LogP contribution in [0, 0.1) is 11.3 Å². The predicted octanol–water partition coefficient (Wildman–Crippen LogP) is 7.48. The standard InChI is InChI=1S/C38H37N5O/c1-38(2,23-39)35-4-3-15-40-36(35)26-8-6-25(7-9-26)34-20-42-37-33(34)17-29(19-41-37)28-10-5-24-11-13-30(14-12-27(24)16-28)43-31-18-32(43)22-44-21-31/h3-10,15-17,19-20,30-32H,11-14,18,21-22H2,1-2H3,(H,41,42)/t30-,31?,32?/m0/s1. The Morgan fingerprint density at radius 1 is 0.864 bits per heavy atom. The molecular weight excluding hydrogens is 542 g/mol. The number of nitrogens with zero attached hydrogens (tertiary/aromatic N) is 4.